The van der Waals surface area contributed by atoms with Gasteiger partial charge in [-0.05, 0) is 92.2 Å². The van der Waals surface area contributed by atoms with E-state index in [2.05, 4.69) is 23.2 Å². The van der Waals surface area contributed by atoms with Gasteiger partial charge in [0.15, 0.2) is 0 Å². The standard InChI is InChI=1S/C26H31N3O2/c1-17-15-27-12-11-21(17)14-25(30)20-5-3-18(4-6-20)16-29-24-13-22(19-7-8-19)9-10-23(24)28(2)26(29)31/h9-13,15,18-20H,3-8,14,16H2,1-2H3. The van der Waals surface area contributed by atoms with Crippen LogP contribution in [0.15, 0.2) is 41.5 Å². The number of hydrogen-bond donors (Lipinski definition) is 0. The maximum atomic E-state index is 12.9. The fourth-order valence-electron chi connectivity index (χ4n) is 5.23. The van der Waals surface area contributed by atoms with Crippen LogP contribution in [-0.2, 0) is 24.8 Å². The van der Waals surface area contributed by atoms with Crippen molar-refractivity contribution >= 4 is 16.8 Å². The number of hydrogen-bond acceptors (Lipinski definition) is 3. The Morgan fingerprint density at radius 2 is 1.84 bits per heavy atom. The fourth-order valence-corrected chi connectivity index (χ4v) is 5.23. The summed E-state index contributed by atoms with van der Waals surface area (Å²) in [5.74, 6) is 1.64. The van der Waals surface area contributed by atoms with E-state index in [4.69, 9.17) is 0 Å². The van der Waals surface area contributed by atoms with Gasteiger partial charge in [-0.15, -0.1) is 0 Å². The SMILES string of the molecule is Cc1cnccc1CC(=O)C1CCC(Cn2c(=O)n(C)c3ccc(C4CC4)cc32)CC1. The molecule has 0 spiro atoms. The van der Waals surface area contributed by atoms with Gasteiger partial charge in [0.25, 0.3) is 0 Å². The van der Waals surface area contributed by atoms with Crippen LogP contribution in [0.3, 0.4) is 0 Å². The number of nitrogens with zero attached hydrogens (tertiary/aromatic N) is 3. The van der Waals surface area contributed by atoms with E-state index in [9.17, 15) is 9.59 Å². The van der Waals surface area contributed by atoms with Crippen LogP contribution in [0.4, 0.5) is 0 Å². The number of carbonyl (C=O) groups excluding carboxylic acids is 1. The molecule has 2 saturated carbocycles. The summed E-state index contributed by atoms with van der Waals surface area (Å²) >= 11 is 0. The molecule has 2 heterocycles. The van der Waals surface area contributed by atoms with E-state index >= 15 is 0 Å². The molecule has 0 unspecified atom stereocenters. The minimum atomic E-state index is 0.0781. The summed E-state index contributed by atoms with van der Waals surface area (Å²) in [6.07, 6.45) is 10.5. The van der Waals surface area contributed by atoms with Crippen molar-refractivity contribution in [2.45, 2.75) is 64.3 Å². The smallest absolute Gasteiger partial charge is 0.299 e. The maximum Gasteiger partial charge on any atom is 0.328 e. The van der Waals surface area contributed by atoms with Crippen LogP contribution >= 0.6 is 0 Å². The van der Waals surface area contributed by atoms with Crippen LogP contribution in [0.5, 0.6) is 0 Å². The molecule has 2 aliphatic rings. The van der Waals surface area contributed by atoms with E-state index in [1.165, 1.54) is 18.4 Å². The number of carbonyl (C=O) groups is 1. The predicted molar refractivity (Wildman–Crippen MR) is 122 cm³/mol. The van der Waals surface area contributed by atoms with Gasteiger partial charge >= 0.3 is 5.69 Å². The summed E-state index contributed by atoms with van der Waals surface area (Å²) in [5, 5.41) is 0. The number of imidazole rings is 1. The molecule has 0 saturated heterocycles. The molecule has 162 valence electrons. The quantitative estimate of drug-likeness (QED) is 0.592. The van der Waals surface area contributed by atoms with E-state index in [-0.39, 0.29) is 11.6 Å². The predicted octanol–water partition coefficient (Wildman–Crippen LogP) is 4.54. The number of aromatic nitrogens is 3. The van der Waals surface area contributed by atoms with Crippen molar-refractivity contribution in [3.63, 3.8) is 0 Å². The zero-order chi connectivity index (χ0) is 21.5. The van der Waals surface area contributed by atoms with E-state index in [0.717, 1.165) is 54.4 Å². The molecule has 0 amide bonds. The van der Waals surface area contributed by atoms with Crippen LogP contribution in [0.25, 0.3) is 11.0 Å². The van der Waals surface area contributed by atoms with Crippen LogP contribution < -0.4 is 5.69 Å². The van der Waals surface area contributed by atoms with E-state index in [1.54, 1.807) is 10.8 Å². The van der Waals surface area contributed by atoms with E-state index in [0.29, 0.717) is 24.0 Å². The molecule has 5 rings (SSSR count). The Morgan fingerprint density at radius 1 is 1.06 bits per heavy atom. The van der Waals surface area contributed by atoms with Gasteiger partial charge in [0, 0.05) is 38.3 Å². The summed E-state index contributed by atoms with van der Waals surface area (Å²) in [7, 11) is 1.87. The number of aryl methyl sites for hydroxylation is 2. The molecule has 5 nitrogen and oxygen atoms in total. The Balaban J connectivity index is 1.26. The lowest BCUT2D eigenvalue weighted by atomic mass is 9.78. The molecule has 0 aliphatic heterocycles. The monoisotopic (exact) mass is 417 g/mol. The molecule has 2 fully saturated rings. The minimum absolute atomic E-state index is 0.0781. The Kier molecular flexibility index (Phi) is 5.28. The highest BCUT2D eigenvalue weighted by Crippen LogP contribution is 2.41. The van der Waals surface area contributed by atoms with Crippen LogP contribution in [0, 0.1) is 18.8 Å². The highest BCUT2D eigenvalue weighted by Gasteiger charge is 2.28. The lowest BCUT2D eigenvalue weighted by Crippen LogP contribution is -2.29. The van der Waals surface area contributed by atoms with Crippen LogP contribution in [-0.4, -0.2) is 19.9 Å². The molecule has 0 N–H and O–H groups in total. The van der Waals surface area contributed by atoms with Gasteiger partial charge in [-0.2, -0.15) is 0 Å². The molecule has 3 aromatic rings. The maximum absolute atomic E-state index is 12.9. The Bertz CT molecular complexity index is 1180. The summed E-state index contributed by atoms with van der Waals surface area (Å²) in [5.41, 5.74) is 5.72. The third-order valence-corrected chi connectivity index (χ3v) is 7.46. The van der Waals surface area contributed by atoms with E-state index in [1.807, 2.05) is 30.8 Å². The van der Waals surface area contributed by atoms with Crippen molar-refractivity contribution in [3.05, 3.63) is 63.8 Å². The summed E-state index contributed by atoms with van der Waals surface area (Å²) in [6.45, 7) is 2.78. The number of Topliss-reactive ketones (excluding diaryl/α,β-unsaturated/α-hetero) is 1. The van der Waals surface area contributed by atoms with Crippen molar-refractivity contribution in [1.82, 2.24) is 14.1 Å². The van der Waals surface area contributed by atoms with E-state index < -0.39 is 0 Å². The molecule has 0 radical (unpaired) electrons. The number of fused-ring (bicyclic) bond motifs is 1. The molecule has 31 heavy (non-hydrogen) atoms. The zero-order valence-corrected chi connectivity index (χ0v) is 18.5. The summed E-state index contributed by atoms with van der Waals surface area (Å²) < 4.78 is 3.76. The van der Waals surface area contributed by atoms with Gasteiger partial charge in [0.1, 0.15) is 5.78 Å². The highest BCUT2D eigenvalue weighted by molar-refractivity contribution is 5.83. The first-order valence-corrected chi connectivity index (χ1v) is 11.6. The summed E-state index contributed by atoms with van der Waals surface area (Å²) in [6, 6.07) is 8.49. The Labute approximate surface area is 183 Å². The van der Waals surface area contributed by atoms with Gasteiger partial charge < -0.3 is 0 Å². The molecule has 5 heteroatoms. The first kappa shape index (κ1) is 20.2. The average Bonchev–Trinajstić information content (AvgIpc) is 3.60. The Hall–Kier alpha value is -2.69. The molecule has 0 atom stereocenters. The number of ketones is 1. The molecular weight excluding hydrogens is 386 g/mol. The fraction of sp³-hybridized carbons (Fsp3) is 0.500. The van der Waals surface area contributed by atoms with Crippen molar-refractivity contribution in [2.24, 2.45) is 18.9 Å². The van der Waals surface area contributed by atoms with Gasteiger partial charge in [0.05, 0.1) is 11.0 Å². The summed E-state index contributed by atoms with van der Waals surface area (Å²) in [4.78, 5) is 29.9. The molecule has 1 aromatic carbocycles. The van der Waals surface area contributed by atoms with Crippen molar-refractivity contribution in [3.8, 4) is 0 Å². The highest BCUT2D eigenvalue weighted by atomic mass is 16.1. The Morgan fingerprint density at radius 3 is 2.55 bits per heavy atom. The van der Waals surface area contributed by atoms with Gasteiger partial charge in [-0.1, -0.05) is 6.07 Å². The first-order chi connectivity index (χ1) is 15.0. The second-order valence-corrected chi connectivity index (χ2v) is 9.64. The van der Waals surface area contributed by atoms with Crippen LogP contribution in [0.1, 0.15) is 61.1 Å². The van der Waals surface area contributed by atoms with Crippen LogP contribution in [0.2, 0.25) is 0 Å². The molecular formula is C26H31N3O2. The largest absolute Gasteiger partial charge is 0.328 e. The number of pyridine rings is 1. The minimum Gasteiger partial charge on any atom is -0.299 e. The third-order valence-electron chi connectivity index (χ3n) is 7.46. The topological polar surface area (TPSA) is 56.9 Å². The van der Waals surface area contributed by atoms with Crippen molar-refractivity contribution in [2.75, 3.05) is 0 Å². The zero-order valence-electron chi connectivity index (χ0n) is 18.5. The molecule has 2 aromatic heterocycles. The molecule has 2 aliphatic carbocycles. The van der Waals surface area contributed by atoms with Crippen molar-refractivity contribution in [1.29, 1.82) is 0 Å². The third kappa shape index (κ3) is 3.98. The first-order valence-electron chi connectivity index (χ1n) is 11.6. The van der Waals surface area contributed by atoms with Gasteiger partial charge in [-0.3, -0.25) is 18.9 Å². The normalized spacial score (nSPS) is 21.5. The number of rotatable bonds is 6. The molecule has 0 bridgehead atoms. The average molecular weight is 418 g/mol. The lowest BCUT2D eigenvalue weighted by Gasteiger charge is -2.28. The second-order valence-electron chi connectivity index (χ2n) is 9.64. The van der Waals surface area contributed by atoms with Gasteiger partial charge in [-0.25, -0.2) is 4.79 Å². The second kappa shape index (κ2) is 8.10. The van der Waals surface area contributed by atoms with Gasteiger partial charge in [0.2, 0.25) is 0 Å². The number of benzene rings is 1. The van der Waals surface area contributed by atoms with Crippen molar-refractivity contribution < 1.29 is 4.79 Å². The lowest BCUT2D eigenvalue weighted by molar-refractivity contribution is -0.123.